The fourth-order valence-corrected chi connectivity index (χ4v) is 2.89. The number of likely N-dealkylation sites (tertiary alicyclic amines) is 1. The Morgan fingerprint density at radius 1 is 1.11 bits per heavy atom. The van der Waals surface area contributed by atoms with Crippen LogP contribution in [0, 0.1) is 0 Å². The number of nitrogens with zero attached hydrogens (tertiary/aromatic N) is 3. The molecule has 0 radical (unpaired) electrons. The second-order valence-electron chi connectivity index (χ2n) is 5.07. The Kier molecular flexibility index (Phi) is 3.33. The molecule has 3 nitrogen and oxygen atoms in total. The molecule has 1 aromatic heterocycles. The summed E-state index contributed by atoms with van der Waals surface area (Å²) >= 11 is 0. The summed E-state index contributed by atoms with van der Waals surface area (Å²) in [5.41, 5.74) is 2.42. The first-order chi connectivity index (χ1) is 8.88. The average Bonchev–Trinajstić information content (AvgIpc) is 3.03. The molecule has 1 aliphatic rings. The second kappa shape index (κ2) is 5.11. The van der Waals surface area contributed by atoms with E-state index in [1.54, 1.807) is 0 Å². The molecule has 2 aromatic rings. The number of aromatic nitrogens is 2. The quantitative estimate of drug-likeness (QED) is 0.823. The van der Waals surface area contributed by atoms with E-state index in [1.165, 1.54) is 37.3 Å². The minimum absolute atomic E-state index is 1.01. The summed E-state index contributed by atoms with van der Waals surface area (Å²) in [6, 6.07) is 8.47. The van der Waals surface area contributed by atoms with Gasteiger partial charge in [0.15, 0.2) is 0 Å². The van der Waals surface area contributed by atoms with Crippen LogP contribution in [0.3, 0.4) is 0 Å². The molecule has 2 heterocycles. The topological polar surface area (TPSA) is 21.1 Å². The number of hydrogen-bond acceptors (Lipinski definition) is 2. The van der Waals surface area contributed by atoms with Crippen molar-refractivity contribution in [1.29, 1.82) is 0 Å². The zero-order valence-electron chi connectivity index (χ0n) is 11.1. The van der Waals surface area contributed by atoms with Crippen molar-refractivity contribution in [3.05, 3.63) is 30.1 Å². The number of hydrogen-bond donors (Lipinski definition) is 0. The van der Waals surface area contributed by atoms with Crippen molar-refractivity contribution >= 4 is 11.0 Å². The van der Waals surface area contributed by atoms with E-state index in [4.69, 9.17) is 4.98 Å². The van der Waals surface area contributed by atoms with Gasteiger partial charge in [-0.25, -0.2) is 4.98 Å². The van der Waals surface area contributed by atoms with Gasteiger partial charge in [-0.2, -0.15) is 0 Å². The molecule has 1 saturated heterocycles. The zero-order chi connectivity index (χ0) is 12.4. The van der Waals surface area contributed by atoms with Gasteiger partial charge in [-0.05, 0) is 38.1 Å². The summed E-state index contributed by atoms with van der Waals surface area (Å²) in [6.07, 6.45) is 3.74. The number of imidazole rings is 1. The maximum Gasteiger partial charge on any atom is 0.109 e. The lowest BCUT2D eigenvalue weighted by atomic mass is 10.3. The average molecular weight is 243 g/mol. The smallest absolute Gasteiger partial charge is 0.109 e. The van der Waals surface area contributed by atoms with Gasteiger partial charge in [0.05, 0.1) is 11.0 Å². The molecule has 0 atom stereocenters. The molecule has 1 aliphatic heterocycles. The molecule has 0 N–H and O–H groups in total. The van der Waals surface area contributed by atoms with Gasteiger partial charge in [0.2, 0.25) is 0 Å². The van der Waals surface area contributed by atoms with Gasteiger partial charge < -0.3 is 9.47 Å². The fraction of sp³-hybridized carbons (Fsp3) is 0.533. The highest BCUT2D eigenvalue weighted by molar-refractivity contribution is 5.75. The summed E-state index contributed by atoms with van der Waals surface area (Å²) in [7, 11) is 0. The number of fused-ring (bicyclic) bond motifs is 1. The maximum absolute atomic E-state index is 4.72. The normalized spacial score (nSPS) is 16.7. The molecular formula is C15H21N3. The van der Waals surface area contributed by atoms with Crippen LogP contribution in [-0.4, -0.2) is 34.1 Å². The van der Waals surface area contributed by atoms with Gasteiger partial charge >= 0.3 is 0 Å². The van der Waals surface area contributed by atoms with Crippen LogP contribution in [0.5, 0.6) is 0 Å². The van der Waals surface area contributed by atoms with Crippen LogP contribution < -0.4 is 0 Å². The highest BCUT2D eigenvalue weighted by Crippen LogP contribution is 2.17. The van der Waals surface area contributed by atoms with E-state index in [-0.39, 0.29) is 0 Å². The lowest BCUT2D eigenvalue weighted by molar-refractivity contribution is 0.322. The molecule has 0 spiro atoms. The highest BCUT2D eigenvalue weighted by Gasteiger charge is 2.13. The van der Waals surface area contributed by atoms with Crippen molar-refractivity contribution in [1.82, 2.24) is 14.5 Å². The van der Waals surface area contributed by atoms with Crippen LogP contribution in [0.15, 0.2) is 24.3 Å². The third-order valence-corrected chi connectivity index (χ3v) is 3.89. The Morgan fingerprint density at radius 2 is 1.89 bits per heavy atom. The molecule has 0 bridgehead atoms. The lowest BCUT2D eigenvalue weighted by Crippen LogP contribution is -2.24. The Hall–Kier alpha value is -1.35. The summed E-state index contributed by atoms with van der Waals surface area (Å²) < 4.78 is 2.40. The first-order valence-corrected chi connectivity index (χ1v) is 7.05. The van der Waals surface area contributed by atoms with E-state index >= 15 is 0 Å². The van der Waals surface area contributed by atoms with Crippen LogP contribution in [0.25, 0.3) is 11.0 Å². The van der Waals surface area contributed by atoms with Gasteiger partial charge in [-0.15, -0.1) is 0 Å². The Morgan fingerprint density at radius 3 is 2.67 bits per heavy atom. The molecule has 3 rings (SSSR count). The fourth-order valence-electron chi connectivity index (χ4n) is 2.89. The van der Waals surface area contributed by atoms with E-state index in [2.05, 4.69) is 40.7 Å². The molecule has 0 aliphatic carbocycles. The molecule has 0 saturated carbocycles. The molecule has 0 amide bonds. The number of para-hydroxylation sites is 2. The third kappa shape index (κ3) is 2.15. The van der Waals surface area contributed by atoms with Gasteiger partial charge in [-0.1, -0.05) is 19.1 Å². The largest absolute Gasteiger partial charge is 0.327 e. The van der Waals surface area contributed by atoms with Crippen molar-refractivity contribution in [3.8, 4) is 0 Å². The molecule has 96 valence electrons. The minimum Gasteiger partial charge on any atom is -0.327 e. The van der Waals surface area contributed by atoms with E-state index in [0.29, 0.717) is 0 Å². The first-order valence-electron chi connectivity index (χ1n) is 7.05. The molecular weight excluding hydrogens is 222 g/mol. The van der Waals surface area contributed by atoms with E-state index in [1.807, 2.05) is 0 Å². The van der Waals surface area contributed by atoms with Crippen molar-refractivity contribution in [2.24, 2.45) is 0 Å². The Bertz CT molecular complexity index is 524. The van der Waals surface area contributed by atoms with Gasteiger partial charge in [-0.3, -0.25) is 0 Å². The van der Waals surface area contributed by atoms with Crippen LogP contribution in [0.1, 0.15) is 25.6 Å². The summed E-state index contributed by atoms with van der Waals surface area (Å²) in [6.45, 7) is 6.97. The SMILES string of the molecule is CCc1nc2ccccc2n1CCN1CCCC1. The predicted octanol–water partition coefficient (Wildman–Crippen LogP) is 2.69. The number of aryl methyl sites for hydroxylation is 1. The number of benzene rings is 1. The lowest BCUT2D eigenvalue weighted by Gasteiger charge is -2.16. The van der Waals surface area contributed by atoms with E-state index in [9.17, 15) is 0 Å². The van der Waals surface area contributed by atoms with Crippen molar-refractivity contribution < 1.29 is 0 Å². The molecule has 18 heavy (non-hydrogen) atoms. The molecule has 3 heteroatoms. The third-order valence-electron chi connectivity index (χ3n) is 3.89. The molecule has 1 fully saturated rings. The standard InChI is InChI=1S/C15H21N3/c1-2-15-16-13-7-3-4-8-14(13)18(15)12-11-17-9-5-6-10-17/h3-4,7-8H,2,5-6,9-12H2,1H3. The second-order valence-corrected chi connectivity index (χ2v) is 5.07. The highest BCUT2D eigenvalue weighted by atomic mass is 15.2. The van der Waals surface area contributed by atoms with Crippen molar-refractivity contribution in [2.45, 2.75) is 32.7 Å². The van der Waals surface area contributed by atoms with Gasteiger partial charge in [0, 0.05) is 19.5 Å². The summed E-state index contributed by atoms with van der Waals surface area (Å²) in [5, 5.41) is 0. The zero-order valence-corrected chi connectivity index (χ0v) is 11.1. The number of rotatable bonds is 4. The van der Waals surface area contributed by atoms with E-state index < -0.39 is 0 Å². The molecule has 1 aromatic carbocycles. The van der Waals surface area contributed by atoms with Crippen LogP contribution in [0.2, 0.25) is 0 Å². The first kappa shape index (κ1) is 11.7. The van der Waals surface area contributed by atoms with Gasteiger partial charge in [0.1, 0.15) is 5.82 Å². The monoisotopic (exact) mass is 243 g/mol. The Labute approximate surface area is 108 Å². The summed E-state index contributed by atoms with van der Waals surface area (Å²) in [5.74, 6) is 1.22. The van der Waals surface area contributed by atoms with Crippen LogP contribution in [-0.2, 0) is 13.0 Å². The minimum atomic E-state index is 1.01. The maximum atomic E-state index is 4.72. The van der Waals surface area contributed by atoms with Crippen molar-refractivity contribution in [3.63, 3.8) is 0 Å². The predicted molar refractivity (Wildman–Crippen MR) is 74.8 cm³/mol. The van der Waals surface area contributed by atoms with Crippen LogP contribution in [0.4, 0.5) is 0 Å². The van der Waals surface area contributed by atoms with Crippen molar-refractivity contribution in [2.75, 3.05) is 19.6 Å². The van der Waals surface area contributed by atoms with Crippen LogP contribution >= 0.6 is 0 Å². The van der Waals surface area contributed by atoms with E-state index in [0.717, 1.165) is 25.0 Å². The van der Waals surface area contributed by atoms with Gasteiger partial charge in [0.25, 0.3) is 0 Å². The molecule has 0 unspecified atom stereocenters. The summed E-state index contributed by atoms with van der Waals surface area (Å²) in [4.78, 5) is 7.28. The Balaban J connectivity index is 1.84.